The van der Waals surface area contributed by atoms with Crippen LogP contribution in [0.5, 0.6) is 0 Å². The van der Waals surface area contributed by atoms with E-state index >= 15 is 0 Å². The summed E-state index contributed by atoms with van der Waals surface area (Å²) in [6.07, 6.45) is -6.83. The van der Waals surface area contributed by atoms with Crippen LogP contribution in [0.3, 0.4) is 0 Å². The van der Waals surface area contributed by atoms with Crippen molar-refractivity contribution < 1.29 is 49.2 Å². The molecular weight excluding hydrogens is 274 g/mol. The van der Waals surface area contributed by atoms with Crippen LogP contribution in [-0.2, 0) is 14.9 Å². The largest absolute Gasteiger partial charge is 0.477 e. The average Bonchev–Trinajstić information content (AvgIpc) is 1.97. The van der Waals surface area contributed by atoms with E-state index in [1.807, 2.05) is 0 Å². The van der Waals surface area contributed by atoms with Crippen molar-refractivity contribution in [1.82, 2.24) is 0 Å². The molecule has 5 nitrogen and oxygen atoms in total. The van der Waals surface area contributed by atoms with E-state index in [4.69, 9.17) is 9.66 Å². The monoisotopic (exact) mass is 276 g/mol. The standard InChI is InChI=1S/C4H2F6O5S/c5-2(6,1(11)12)3(7,4(8,9)10)16(13,14)15/h(H,11,12)(H,13,14,15). The number of halogens is 6. The molecule has 0 amide bonds. The molecule has 0 spiro atoms. The summed E-state index contributed by atoms with van der Waals surface area (Å²) < 4.78 is 101. The number of hydrogen-bond acceptors (Lipinski definition) is 3. The van der Waals surface area contributed by atoms with Crippen LogP contribution in [0.15, 0.2) is 0 Å². The lowest BCUT2D eigenvalue weighted by Gasteiger charge is -2.28. The van der Waals surface area contributed by atoms with E-state index in [0.717, 1.165) is 0 Å². The summed E-state index contributed by atoms with van der Waals surface area (Å²) in [5, 5.41) is 1.03. The molecule has 0 aromatic carbocycles. The summed E-state index contributed by atoms with van der Waals surface area (Å²) in [5.41, 5.74) is 0. The number of aliphatic carboxylic acids is 1. The summed E-state index contributed by atoms with van der Waals surface area (Å²) in [4.78, 5) is 9.70. The quantitative estimate of drug-likeness (QED) is 0.588. The summed E-state index contributed by atoms with van der Waals surface area (Å²) in [6, 6.07) is 0. The van der Waals surface area contributed by atoms with E-state index in [-0.39, 0.29) is 0 Å². The van der Waals surface area contributed by atoms with Gasteiger partial charge in [-0.15, -0.1) is 0 Å². The Morgan fingerprint density at radius 3 is 1.38 bits per heavy atom. The maximum atomic E-state index is 12.7. The maximum Gasteiger partial charge on any atom is 0.446 e. The van der Waals surface area contributed by atoms with Crippen LogP contribution in [0.4, 0.5) is 26.3 Å². The number of hydrogen-bond donors (Lipinski definition) is 2. The second-order valence-electron chi connectivity index (χ2n) is 2.45. The highest BCUT2D eigenvalue weighted by Crippen LogP contribution is 2.48. The number of alkyl halides is 6. The third-order valence-corrected chi connectivity index (χ3v) is 2.59. The zero-order valence-corrected chi connectivity index (χ0v) is 7.61. The van der Waals surface area contributed by atoms with Gasteiger partial charge in [-0.2, -0.15) is 30.4 Å². The molecule has 0 saturated heterocycles. The highest BCUT2D eigenvalue weighted by molar-refractivity contribution is 7.87. The van der Waals surface area contributed by atoms with Crippen molar-refractivity contribution in [3.8, 4) is 0 Å². The molecule has 0 aliphatic heterocycles. The first-order valence-corrected chi connectivity index (χ1v) is 4.47. The molecule has 0 bridgehead atoms. The fraction of sp³-hybridized carbons (Fsp3) is 0.750. The van der Waals surface area contributed by atoms with Gasteiger partial charge in [-0.05, 0) is 0 Å². The summed E-state index contributed by atoms with van der Waals surface area (Å²) in [5.74, 6) is -10.1. The Bertz CT molecular complexity index is 398. The normalized spacial score (nSPS) is 17.9. The Hall–Kier alpha value is -1.04. The Kier molecular flexibility index (Phi) is 3.25. The number of carboxylic acids is 1. The molecule has 0 saturated carbocycles. The molecule has 0 aromatic rings. The first-order chi connectivity index (χ1) is 6.69. The number of carboxylic acid groups (broad SMARTS) is 1. The maximum absolute atomic E-state index is 12.7. The van der Waals surface area contributed by atoms with Gasteiger partial charge in [0.25, 0.3) is 0 Å². The first kappa shape index (κ1) is 15.0. The fourth-order valence-corrected chi connectivity index (χ4v) is 1.33. The van der Waals surface area contributed by atoms with Crippen molar-refractivity contribution >= 4 is 16.1 Å². The van der Waals surface area contributed by atoms with Gasteiger partial charge < -0.3 is 5.11 Å². The zero-order valence-electron chi connectivity index (χ0n) is 6.80. The summed E-state index contributed by atoms with van der Waals surface area (Å²) >= 11 is 0. The van der Waals surface area contributed by atoms with Gasteiger partial charge in [-0.25, -0.2) is 9.18 Å². The van der Waals surface area contributed by atoms with Crippen LogP contribution < -0.4 is 0 Å². The van der Waals surface area contributed by atoms with Crippen molar-refractivity contribution in [2.75, 3.05) is 0 Å². The third-order valence-electron chi connectivity index (χ3n) is 1.39. The molecule has 0 aromatic heterocycles. The molecule has 0 heterocycles. The van der Waals surface area contributed by atoms with Crippen LogP contribution in [0.2, 0.25) is 0 Å². The predicted octanol–water partition coefficient (Wildman–Crippen LogP) is 0.822. The smallest absolute Gasteiger partial charge is 0.446 e. The molecule has 1 atom stereocenters. The van der Waals surface area contributed by atoms with Gasteiger partial charge in [0.05, 0.1) is 0 Å². The van der Waals surface area contributed by atoms with Crippen LogP contribution >= 0.6 is 0 Å². The van der Waals surface area contributed by atoms with Gasteiger partial charge in [0.1, 0.15) is 0 Å². The SMILES string of the molecule is O=C(O)C(F)(F)C(F)(C(F)(F)F)S(=O)(=O)O. The lowest BCUT2D eigenvalue weighted by molar-refractivity contribution is -0.266. The lowest BCUT2D eigenvalue weighted by atomic mass is 10.2. The molecule has 1 unspecified atom stereocenters. The molecule has 0 rings (SSSR count). The molecule has 12 heteroatoms. The van der Waals surface area contributed by atoms with Crippen molar-refractivity contribution in [3.05, 3.63) is 0 Å². The van der Waals surface area contributed by atoms with Gasteiger partial charge in [-0.1, -0.05) is 0 Å². The number of rotatable bonds is 3. The van der Waals surface area contributed by atoms with Crippen molar-refractivity contribution in [2.24, 2.45) is 0 Å². The summed E-state index contributed by atoms with van der Waals surface area (Å²) in [6.45, 7) is 0. The van der Waals surface area contributed by atoms with Crippen molar-refractivity contribution in [1.29, 1.82) is 0 Å². The predicted molar refractivity (Wildman–Crippen MR) is 34.0 cm³/mol. The van der Waals surface area contributed by atoms with E-state index in [2.05, 4.69) is 0 Å². The third kappa shape index (κ3) is 1.81. The van der Waals surface area contributed by atoms with Crippen LogP contribution in [0, 0.1) is 0 Å². The molecule has 0 aliphatic carbocycles. The highest BCUT2D eigenvalue weighted by atomic mass is 32.2. The Balaban J connectivity index is 6.14. The van der Waals surface area contributed by atoms with Crippen molar-refractivity contribution in [3.63, 3.8) is 0 Å². The van der Waals surface area contributed by atoms with Gasteiger partial charge >= 0.3 is 33.2 Å². The van der Waals surface area contributed by atoms with E-state index in [1.165, 1.54) is 0 Å². The Labute approximate surface area is 83.4 Å². The second kappa shape index (κ2) is 3.48. The molecule has 0 fully saturated rings. The van der Waals surface area contributed by atoms with Gasteiger partial charge in [-0.3, -0.25) is 4.55 Å². The zero-order chi connectivity index (χ0) is 13.6. The van der Waals surface area contributed by atoms with Gasteiger partial charge in [0.15, 0.2) is 0 Å². The highest BCUT2D eigenvalue weighted by Gasteiger charge is 2.82. The summed E-state index contributed by atoms with van der Waals surface area (Å²) in [7, 11) is -7.05. The van der Waals surface area contributed by atoms with Gasteiger partial charge in [0.2, 0.25) is 0 Å². The second-order valence-corrected chi connectivity index (χ2v) is 3.96. The van der Waals surface area contributed by atoms with Crippen molar-refractivity contribution in [2.45, 2.75) is 17.1 Å². The minimum absolute atomic E-state index is 3.69. The fourth-order valence-electron chi connectivity index (χ4n) is 0.624. The minimum atomic E-state index is -7.05. The van der Waals surface area contributed by atoms with E-state index in [0.29, 0.717) is 0 Å². The minimum Gasteiger partial charge on any atom is -0.477 e. The number of carbonyl (C=O) groups is 1. The molecule has 16 heavy (non-hydrogen) atoms. The molecular formula is C4H2F6O5S. The first-order valence-electron chi connectivity index (χ1n) is 3.03. The lowest BCUT2D eigenvalue weighted by Crippen LogP contribution is -2.63. The molecule has 2 N–H and O–H groups in total. The van der Waals surface area contributed by atoms with E-state index < -0.39 is 33.2 Å². The van der Waals surface area contributed by atoms with Crippen LogP contribution in [0.25, 0.3) is 0 Å². The Morgan fingerprint density at radius 1 is 1.00 bits per heavy atom. The topological polar surface area (TPSA) is 91.7 Å². The van der Waals surface area contributed by atoms with Crippen LogP contribution in [-0.4, -0.2) is 41.1 Å². The molecule has 96 valence electrons. The molecule has 0 aliphatic rings. The van der Waals surface area contributed by atoms with E-state index in [9.17, 15) is 39.6 Å². The molecule has 0 radical (unpaired) electrons. The van der Waals surface area contributed by atoms with E-state index in [1.54, 1.807) is 0 Å². The van der Waals surface area contributed by atoms with Crippen LogP contribution in [0.1, 0.15) is 0 Å². The average molecular weight is 276 g/mol. The Morgan fingerprint density at radius 2 is 1.31 bits per heavy atom. The van der Waals surface area contributed by atoms with Gasteiger partial charge in [0, 0.05) is 0 Å².